The smallest absolute Gasteiger partial charge is 0.118 e. The van der Waals surface area contributed by atoms with Gasteiger partial charge in [0.2, 0.25) is 0 Å². The lowest BCUT2D eigenvalue weighted by Gasteiger charge is -2.52. The number of rotatable bonds is 5. The van der Waals surface area contributed by atoms with E-state index in [1.165, 1.54) is 12.8 Å². The molecule has 7 rings (SSSR count). The maximum atomic E-state index is 11.0. The van der Waals surface area contributed by atoms with Gasteiger partial charge in [-0.3, -0.25) is 0 Å². The van der Waals surface area contributed by atoms with E-state index in [1.54, 1.807) is 29.4 Å². The number of hydrogen-bond acceptors (Lipinski definition) is 3. The zero-order valence-corrected chi connectivity index (χ0v) is 19.4. The Morgan fingerprint density at radius 3 is 2.09 bits per heavy atom. The molecular formula is C30H33NO2. The van der Waals surface area contributed by atoms with Crippen molar-refractivity contribution in [1.29, 1.82) is 0 Å². The fourth-order valence-corrected chi connectivity index (χ4v) is 6.89. The normalized spacial score (nSPS) is 25.3. The van der Waals surface area contributed by atoms with Crippen LogP contribution in [0.1, 0.15) is 65.5 Å². The predicted molar refractivity (Wildman–Crippen MR) is 132 cm³/mol. The third-order valence-corrected chi connectivity index (χ3v) is 8.59. The minimum absolute atomic E-state index is 0.101. The van der Waals surface area contributed by atoms with Crippen LogP contribution in [-0.4, -0.2) is 36.8 Å². The Balaban J connectivity index is 1.21. The molecule has 3 aromatic rings. The number of methoxy groups -OCH3 is 1. The summed E-state index contributed by atoms with van der Waals surface area (Å²) in [6.07, 6.45) is 4.16. The number of aliphatic hydroxyl groups is 1. The zero-order valence-electron chi connectivity index (χ0n) is 19.4. The van der Waals surface area contributed by atoms with E-state index in [1.807, 2.05) is 24.3 Å². The molecule has 3 aliphatic carbocycles. The maximum absolute atomic E-state index is 11.0. The molecule has 1 atom stereocenters. The molecule has 1 N–H and O–H groups in total. The molecule has 1 saturated heterocycles. The Morgan fingerprint density at radius 2 is 1.48 bits per heavy atom. The molecule has 0 radical (unpaired) electrons. The van der Waals surface area contributed by atoms with Crippen LogP contribution in [-0.2, 0) is 5.41 Å². The van der Waals surface area contributed by atoms with E-state index < -0.39 is 6.10 Å². The van der Waals surface area contributed by atoms with E-state index in [4.69, 9.17) is 4.74 Å². The number of nitrogens with zero attached hydrogens (tertiary/aromatic N) is 1. The molecule has 0 saturated carbocycles. The molecule has 0 spiro atoms. The largest absolute Gasteiger partial charge is 0.497 e. The standard InChI is InChI=1S/C30H33NO2/c1-33-23-12-10-21(11-13-23)29(32)22-15-18-31(19-16-22)20-30-17-14-24(25-6-2-4-8-27(25)30)26-7-3-5-9-28(26)30/h2-13,22,24,29,32H,14-20H2,1H3. The van der Waals surface area contributed by atoms with Gasteiger partial charge in [-0.05, 0) is 84.6 Å². The highest BCUT2D eigenvalue weighted by Gasteiger charge is 2.48. The minimum atomic E-state index is -0.400. The fourth-order valence-electron chi connectivity index (χ4n) is 6.89. The van der Waals surface area contributed by atoms with Gasteiger partial charge in [-0.25, -0.2) is 0 Å². The topological polar surface area (TPSA) is 32.7 Å². The molecule has 1 aliphatic heterocycles. The van der Waals surface area contributed by atoms with Crippen molar-refractivity contribution < 1.29 is 9.84 Å². The van der Waals surface area contributed by atoms with Crippen molar-refractivity contribution >= 4 is 0 Å². The molecule has 2 bridgehead atoms. The molecule has 1 heterocycles. The summed E-state index contributed by atoms with van der Waals surface area (Å²) >= 11 is 0. The van der Waals surface area contributed by atoms with Crippen LogP contribution < -0.4 is 4.74 Å². The molecule has 1 fully saturated rings. The van der Waals surface area contributed by atoms with Crippen LogP contribution in [0.2, 0.25) is 0 Å². The van der Waals surface area contributed by atoms with Gasteiger partial charge in [0.25, 0.3) is 0 Å². The van der Waals surface area contributed by atoms with E-state index in [0.29, 0.717) is 11.8 Å². The van der Waals surface area contributed by atoms with Crippen LogP contribution in [0.4, 0.5) is 0 Å². The third-order valence-electron chi connectivity index (χ3n) is 8.59. The van der Waals surface area contributed by atoms with Crippen molar-refractivity contribution in [2.75, 3.05) is 26.7 Å². The van der Waals surface area contributed by atoms with E-state index in [9.17, 15) is 5.11 Å². The molecule has 3 heteroatoms. The van der Waals surface area contributed by atoms with Crippen molar-refractivity contribution in [3.05, 3.63) is 101 Å². The second kappa shape index (κ2) is 8.30. The predicted octanol–water partition coefficient (Wildman–Crippen LogP) is 5.67. The van der Waals surface area contributed by atoms with Gasteiger partial charge in [-0.2, -0.15) is 0 Å². The Bertz CT molecular complexity index is 1080. The van der Waals surface area contributed by atoms with Crippen molar-refractivity contribution in [2.45, 2.75) is 43.1 Å². The van der Waals surface area contributed by atoms with Crippen molar-refractivity contribution in [1.82, 2.24) is 4.90 Å². The molecule has 170 valence electrons. The lowest BCUT2D eigenvalue weighted by molar-refractivity contribution is 0.0518. The van der Waals surface area contributed by atoms with E-state index >= 15 is 0 Å². The lowest BCUT2D eigenvalue weighted by atomic mass is 9.55. The first kappa shape index (κ1) is 20.9. The molecule has 33 heavy (non-hydrogen) atoms. The molecule has 4 aliphatic rings. The average molecular weight is 440 g/mol. The van der Waals surface area contributed by atoms with E-state index in [-0.39, 0.29) is 5.41 Å². The average Bonchev–Trinajstić information content (AvgIpc) is 2.89. The number of aliphatic hydroxyl groups excluding tert-OH is 1. The van der Waals surface area contributed by atoms with Gasteiger partial charge in [0.1, 0.15) is 5.75 Å². The van der Waals surface area contributed by atoms with Crippen LogP contribution in [0.3, 0.4) is 0 Å². The lowest BCUT2D eigenvalue weighted by Crippen LogP contribution is -2.50. The Kier molecular flexibility index (Phi) is 5.27. The van der Waals surface area contributed by atoms with Crippen LogP contribution in [0, 0.1) is 5.92 Å². The van der Waals surface area contributed by atoms with Crippen LogP contribution in [0.25, 0.3) is 0 Å². The first-order chi connectivity index (χ1) is 16.2. The Morgan fingerprint density at radius 1 is 0.879 bits per heavy atom. The molecule has 1 unspecified atom stereocenters. The molecular weight excluding hydrogens is 406 g/mol. The second-order valence-electron chi connectivity index (χ2n) is 10.2. The first-order valence-electron chi connectivity index (χ1n) is 12.4. The number of fused-ring (bicyclic) bond motifs is 1. The second-order valence-corrected chi connectivity index (χ2v) is 10.2. The molecule has 3 aromatic carbocycles. The van der Waals surface area contributed by atoms with Gasteiger partial charge >= 0.3 is 0 Å². The Hall–Kier alpha value is -2.62. The van der Waals surface area contributed by atoms with E-state index in [2.05, 4.69) is 53.4 Å². The third kappa shape index (κ3) is 3.41. The van der Waals surface area contributed by atoms with Gasteiger partial charge < -0.3 is 14.7 Å². The van der Waals surface area contributed by atoms with Gasteiger partial charge in [-0.1, -0.05) is 60.7 Å². The maximum Gasteiger partial charge on any atom is 0.118 e. The quantitative estimate of drug-likeness (QED) is 0.556. The van der Waals surface area contributed by atoms with Crippen molar-refractivity contribution in [3.63, 3.8) is 0 Å². The first-order valence-corrected chi connectivity index (χ1v) is 12.4. The Labute approximate surface area is 197 Å². The highest BCUT2D eigenvalue weighted by Crippen LogP contribution is 2.56. The fraction of sp³-hybridized carbons (Fsp3) is 0.400. The van der Waals surface area contributed by atoms with Crippen LogP contribution in [0.15, 0.2) is 72.8 Å². The summed E-state index contributed by atoms with van der Waals surface area (Å²) in [5.74, 6) is 1.71. The molecule has 0 amide bonds. The minimum Gasteiger partial charge on any atom is -0.497 e. The van der Waals surface area contributed by atoms with Gasteiger partial charge in [0.15, 0.2) is 0 Å². The van der Waals surface area contributed by atoms with Crippen molar-refractivity contribution in [3.8, 4) is 5.75 Å². The highest BCUT2D eigenvalue weighted by atomic mass is 16.5. The molecule has 3 nitrogen and oxygen atoms in total. The summed E-state index contributed by atoms with van der Waals surface area (Å²) in [6.45, 7) is 3.18. The van der Waals surface area contributed by atoms with Gasteiger partial charge in [0, 0.05) is 17.9 Å². The number of likely N-dealkylation sites (tertiary alicyclic amines) is 1. The summed E-state index contributed by atoms with van der Waals surface area (Å²) in [4.78, 5) is 2.66. The summed E-state index contributed by atoms with van der Waals surface area (Å²) in [5, 5.41) is 11.0. The van der Waals surface area contributed by atoms with Crippen LogP contribution >= 0.6 is 0 Å². The molecule has 0 aromatic heterocycles. The summed E-state index contributed by atoms with van der Waals surface area (Å²) in [7, 11) is 1.68. The van der Waals surface area contributed by atoms with Gasteiger partial charge in [-0.15, -0.1) is 0 Å². The summed E-state index contributed by atoms with van der Waals surface area (Å²) < 4.78 is 5.27. The zero-order chi connectivity index (χ0) is 22.4. The van der Waals surface area contributed by atoms with Crippen molar-refractivity contribution in [2.24, 2.45) is 5.92 Å². The number of piperidine rings is 1. The number of ether oxygens (including phenoxy) is 1. The summed E-state index contributed by atoms with van der Waals surface area (Å²) in [5.41, 5.74) is 7.31. The van der Waals surface area contributed by atoms with E-state index in [0.717, 1.165) is 43.8 Å². The SMILES string of the molecule is COc1ccc(C(O)C2CCN(CC34CCC(c5ccccc53)c3ccccc34)CC2)cc1. The highest BCUT2D eigenvalue weighted by molar-refractivity contribution is 5.59. The number of benzene rings is 3. The number of hydrogen-bond donors (Lipinski definition) is 1. The summed E-state index contributed by atoms with van der Waals surface area (Å²) in [6, 6.07) is 26.3. The van der Waals surface area contributed by atoms with Crippen LogP contribution in [0.5, 0.6) is 5.75 Å². The van der Waals surface area contributed by atoms with Gasteiger partial charge in [0.05, 0.1) is 13.2 Å². The monoisotopic (exact) mass is 439 g/mol.